The highest BCUT2D eigenvalue weighted by molar-refractivity contribution is 4.98. The molecule has 0 radical (unpaired) electrons. The zero-order chi connectivity index (χ0) is 13.2. The van der Waals surface area contributed by atoms with Crippen molar-refractivity contribution in [1.29, 1.82) is 0 Å². The minimum absolute atomic E-state index is 0.580. The molecule has 19 heavy (non-hydrogen) atoms. The summed E-state index contributed by atoms with van der Waals surface area (Å²) >= 11 is 0. The lowest BCUT2D eigenvalue weighted by atomic mass is 9.70. The first-order chi connectivity index (χ1) is 9.31. The molecule has 2 nitrogen and oxygen atoms in total. The third-order valence-corrected chi connectivity index (χ3v) is 5.96. The molecule has 1 aliphatic carbocycles. The Labute approximate surface area is 118 Å². The molecule has 1 saturated carbocycles. The number of nitrogens with one attached hydrogen (secondary N) is 1. The molecular weight excluding hydrogens is 234 g/mol. The van der Waals surface area contributed by atoms with Crippen LogP contribution in [0.1, 0.15) is 65.2 Å². The summed E-state index contributed by atoms with van der Waals surface area (Å²) in [6.45, 7) is 5.75. The molecule has 2 heteroatoms. The second kappa shape index (κ2) is 6.13. The van der Waals surface area contributed by atoms with Crippen LogP contribution in [0.25, 0.3) is 0 Å². The number of hydrogen-bond acceptors (Lipinski definition) is 2. The highest BCUT2D eigenvalue weighted by Gasteiger charge is 2.46. The van der Waals surface area contributed by atoms with Crippen LogP contribution in [-0.2, 0) is 4.74 Å². The molecule has 0 amide bonds. The lowest BCUT2D eigenvalue weighted by Crippen LogP contribution is -2.47. The van der Waals surface area contributed by atoms with Crippen LogP contribution in [0, 0.1) is 17.8 Å². The number of fused-ring (bicyclic) bond motifs is 2. The van der Waals surface area contributed by atoms with E-state index in [1.165, 1.54) is 51.4 Å². The molecule has 3 rings (SSSR count). The summed E-state index contributed by atoms with van der Waals surface area (Å²) in [7, 11) is 0. The van der Waals surface area contributed by atoms with Crippen molar-refractivity contribution in [3.05, 3.63) is 0 Å². The zero-order valence-electron chi connectivity index (χ0n) is 12.7. The van der Waals surface area contributed by atoms with Gasteiger partial charge in [-0.15, -0.1) is 0 Å². The molecule has 6 unspecified atom stereocenters. The highest BCUT2D eigenvalue weighted by Crippen LogP contribution is 2.44. The van der Waals surface area contributed by atoms with Gasteiger partial charge in [-0.25, -0.2) is 0 Å². The van der Waals surface area contributed by atoms with E-state index in [0.29, 0.717) is 12.2 Å². The Morgan fingerprint density at radius 1 is 1.11 bits per heavy atom. The smallest absolute Gasteiger partial charge is 0.0623 e. The van der Waals surface area contributed by atoms with E-state index >= 15 is 0 Å². The lowest BCUT2D eigenvalue weighted by molar-refractivity contribution is 0.0723. The van der Waals surface area contributed by atoms with E-state index in [2.05, 4.69) is 19.2 Å². The normalized spacial score (nSPS) is 43.6. The number of hydrogen-bond donors (Lipinski definition) is 1. The topological polar surface area (TPSA) is 21.3 Å². The van der Waals surface area contributed by atoms with Crippen LogP contribution in [0.3, 0.4) is 0 Å². The van der Waals surface area contributed by atoms with E-state index in [1.807, 2.05) is 0 Å². The molecule has 1 N–H and O–H groups in total. The second-order valence-corrected chi connectivity index (χ2v) is 7.06. The molecule has 2 bridgehead atoms. The minimum atomic E-state index is 0.580. The summed E-state index contributed by atoms with van der Waals surface area (Å²) in [5.41, 5.74) is 0. The van der Waals surface area contributed by atoms with E-state index in [1.54, 1.807) is 0 Å². The van der Waals surface area contributed by atoms with Crippen LogP contribution < -0.4 is 5.32 Å². The standard InChI is InChI=1S/C17H31NO/c1-3-12-6-5-7-13(10-12)17(18-4-2)15-11-14-8-9-16(15)19-14/h12-18H,3-11H2,1-2H3. The Bertz CT molecular complexity index is 293. The predicted molar refractivity (Wildman–Crippen MR) is 79.2 cm³/mol. The van der Waals surface area contributed by atoms with Gasteiger partial charge in [-0.3, -0.25) is 0 Å². The Morgan fingerprint density at radius 3 is 2.63 bits per heavy atom. The molecule has 0 aromatic rings. The van der Waals surface area contributed by atoms with Gasteiger partial charge in [-0.1, -0.05) is 33.1 Å². The first-order valence-corrected chi connectivity index (χ1v) is 8.70. The first-order valence-electron chi connectivity index (χ1n) is 8.70. The average molecular weight is 265 g/mol. The van der Waals surface area contributed by atoms with Crippen LogP contribution in [0.4, 0.5) is 0 Å². The molecule has 2 saturated heterocycles. The molecule has 0 aromatic heterocycles. The fourth-order valence-electron chi connectivity index (χ4n) is 4.99. The van der Waals surface area contributed by atoms with Crippen molar-refractivity contribution in [3.63, 3.8) is 0 Å². The highest BCUT2D eigenvalue weighted by atomic mass is 16.5. The van der Waals surface area contributed by atoms with Crippen LogP contribution in [0.15, 0.2) is 0 Å². The summed E-state index contributed by atoms with van der Waals surface area (Å²) in [5.74, 6) is 2.70. The molecule has 2 heterocycles. The number of rotatable bonds is 5. The zero-order valence-corrected chi connectivity index (χ0v) is 12.7. The van der Waals surface area contributed by atoms with Crippen LogP contribution in [0.2, 0.25) is 0 Å². The van der Waals surface area contributed by atoms with E-state index in [-0.39, 0.29) is 0 Å². The summed E-state index contributed by atoms with van der Waals surface area (Å²) in [5, 5.41) is 3.84. The SMILES string of the molecule is CCNC(C1CCCC(CC)C1)C1CC2CCC1O2. The molecule has 3 aliphatic rings. The fraction of sp³-hybridized carbons (Fsp3) is 1.00. The van der Waals surface area contributed by atoms with Gasteiger partial charge >= 0.3 is 0 Å². The van der Waals surface area contributed by atoms with Crippen molar-refractivity contribution in [1.82, 2.24) is 5.32 Å². The maximum Gasteiger partial charge on any atom is 0.0623 e. The molecule has 0 spiro atoms. The summed E-state index contributed by atoms with van der Waals surface area (Å²) in [4.78, 5) is 0. The largest absolute Gasteiger partial charge is 0.375 e. The van der Waals surface area contributed by atoms with Crippen molar-refractivity contribution in [2.75, 3.05) is 6.54 Å². The van der Waals surface area contributed by atoms with Gasteiger partial charge in [0.15, 0.2) is 0 Å². The Morgan fingerprint density at radius 2 is 2.00 bits per heavy atom. The van der Waals surface area contributed by atoms with Crippen molar-refractivity contribution in [2.45, 2.75) is 83.5 Å². The number of ether oxygens (including phenoxy) is 1. The lowest BCUT2D eigenvalue weighted by Gasteiger charge is -2.39. The molecular formula is C17H31NO. The van der Waals surface area contributed by atoms with Gasteiger partial charge in [-0.2, -0.15) is 0 Å². The summed E-state index contributed by atoms with van der Waals surface area (Å²) in [6, 6.07) is 0.731. The van der Waals surface area contributed by atoms with E-state index < -0.39 is 0 Å². The van der Waals surface area contributed by atoms with Crippen molar-refractivity contribution in [2.24, 2.45) is 17.8 Å². The van der Waals surface area contributed by atoms with Crippen LogP contribution >= 0.6 is 0 Å². The van der Waals surface area contributed by atoms with Gasteiger partial charge in [0.2, 0.25) is 0 Å². The maximum absolute atomic E-state index is 6.12. The fourth-order valence-corrected chi connectivity index (χ4v) is 4.99. The molecule has 3 fully saturated rings. The van der Waals surface area contributed by atoms with Crippen molar-refractivity contribution >= 4 is 0 Å². The van der Waals surface area contributed by atoms with Gasteiger partial charge < -0.3 is 10.1 Å². The van der Waals surface area contributed by atoms with Gasteiger partial charge in [0.1, 0.15) is 0 Å². The minimum Gasteiger partial charge on any atom is -0.375 e. The Kier molecular flexibility index (Phi) is 4.48. The third-order valence-electron chi connectivity index (χ3n) is 5.96. The van der Waals surface area contributed by atoms with Gasteiger partial charge in [-0.05, 0) is 50.5 Å². The third kappa shape index (κ3) is 2.85. The molecule has 2 aliphatic heterocycles. The van der Waals surface area contributed by atoms with E-state index in [9.17, 15) is 0 Å². The Balaban J connectivity index is 1.66. The summed E-state index contributed by atoms with van der Waals surface area (Å²) < 4.78 is 6.12. The first kappa shape index (κ1) is 13.9. The van der Waals surface area contributed by atoms with Crippen LogP contribution in [0.5, 0.6) is 0 Å². The van der Waals surface area contributed by atoms with Gasteiger partial charge in [0, 0.05) is 12.0 Å². The summed E-state index contributed by atoms with van der Waals surface area (Å²) in [6.07, 6.45) is 12.4. The quantitative estimate of drug-likeness (QED) is 0.817. The second-order valence-electron chi connectivity index (χ2n) is 7.06. The van der Waals surface area contributed by atoms with Gasteiger partial charge in [0.05, 0.1) is 12.2 Å². The molecule has 110 valence electrons. The molecule has 0 aromatic carbocycles. The maximum atomic E-state index is 6.12. The van der Waals surface area contributed by atoms with E-state index in [4.69, 9.17) is 4.74 Å². The van der Waals surface area contributed by atoms with Crippen molar-refractivity contribution < 1.29 is 4.74 Å². The molecule has 6 atom stereocenters. The Hall–Kier alpha value is -0.0800. The monoisotopic (exact) mass is 265 g/mol. The van der Waals surface area contributed by atoms with Gasteiger partial charge in [0.25, 0.3) is 0 Å². The van der Waals surface area contributed by atoms with E-state index in [0.717, 1.165) is 30.3 Å². The van der Waals surface area contributed by atoms with Crippen molar-refractivity contribution in [3.8, 4) is 0 Å². The predicted octanol–water partition coefficient (Wildman–Crippen LogP) is 3.75. The average Bonchev–Trinajstić information content (AvgIpc) is 3.07. The van der Waals surface area contributed by atoms with Crippen LogP contribution in [-0.4, -0.2) is 24.8 Å².